The topological polar surface area (TPSA) is 71.3 Å². The van der Waals surface area contributed by atoms with Crippen LogP contribution in [0.25, 0.3) is 17.0 Å². The summed E-state index contributed by atoms with van der Waals surface area (Å²) in [6.07, 6.45) is 1.67. The van der Waals surface area contributed by atoms with Crippen LogP contribution in [0, 0.1) is 12.7 Å². The molecule has 1 N–H and O–H groups in total. The Hall–Kier alpha value is -4.26. The number of carbonyl (C=O) groups is 1. The molecule has 0 aliphatic carbocycles. The lowest BCUT2D eigenvalue weighted by Gasteiger charge is -2.35. The Labute approximate surface area is 209 Å². The number of hydrogen-bond donors (Lipinski definition) is 1. The van der Waals surface area contributed by atoms with Crippen molar-refractivity contribution in [3.05, 3.63) is 113 Å². The van der Waals surface area contributed by atoms with E-state index < -0.39 is 6.04 Å². The maximum absolute atomic E-state index is 13.4. The van der Waals surface area contributed by atoms with E-state index in [1.807, 2.05) is 56.3 Å². The maximum Gasteiger partial charge on any atom is 0.322 e. The van der Waals surface area contributed by atoms with Gasteiger partial charge in [-0.25, -0.2) is 9.18 Å². The predicted octanol–water partition coefficient (Wildman–Crippen LogP) is 6.31. The summed E-state index contributed by atoms with van der Waals surface area (Å²) in [5.41, 5.74) is 5.45. The van der Waals surface area contributed by atoms with E-state index in [0.717, 1.165) is 35.2 Å². The van der Waals surface area contributed by atoms with Gasteiger partial charge in [-0.1, -0.05) is 65.3 Å². The highest BCUT2D eigenvalue weighted by Gasteiger charge is 2.35. The molecule has 7 heteroatoms. The van der Waals surface area contributed by atoms with Crippen LogP contribution < -0.4 is 5.32 Å². The zero-order valence-corrected chi connectivity index (χ0v) is 20.2. The van der Waals surface area contributed by atoms with Crippen LogP contribution in [0.15, 0.2) is 89.1 Å². The summed E-state index contributed by atoms with van der Waals surface area (Å²) in [5, 5.41) is 7.28. The van der Waals surface area contributed by atoms with Crippen LogP contribution in [-0.4, -0.2) is 27.6 Å². The first-order chi connectivity index (χ1) is 17.5. The van der Waals surface area contributed by atoms with Crippen LogP contribution in [-0.2, 0) is 6.42 Å². The lowest BCUT2D eigenvalue weighted by molar-refractivity contribution is 0.204. The fourth-order valence-electron chi connectivity index (χ4n) is 4.47. The number of hydrogen-bond acceptors (Lipinski definition) is 4. The van der Waals surface area contributed by atoms with Crippen molar-refractivity contribution >= 4 is 11.6 Å². The first-order valence-electron chi connectivity index (χ1n) is 12.0. The quantitative estimate of drug-likeness (QED) is 0.335. The zero-order chi connectivity index (χ0) is 25.1. The SMILES string of the molecule is CC1=C(c2nc(-c3ccc(F)cc3)no2)C(c2ccc(C)cc2)NC(=O)N1CCCc1ccccc1. The van der Waals surface area contributed by atoms with Crippen LogP contribution in [0.1, 0.15) is 42.0 Å². The number of halogens is 1. The third kappa shape index (κ3) is 4.91. The van der Waals surface area contributed by atoms with Crippen LogP contribution in [0.2, 0.25) is 0 Å². The Morgan fingerprint density at radius 1 is 0.972 bits per heavy atom. The Morgan fingerprint density at radius 3 is 2.42 bits per heavy atom. The molecule has 0 fully saturated rings. The lowest BCUT2D eigenvalue weighted by atomic mass is 9.94. The smallest absolute Gasteiger partial charge is 0.322 e. The Balaban J connectivity index is 1.49. The van der Waals surface area contributed by atoms with E-state index in [0.29, 0.717) is 23.8 Å². The molecule has 1 aromatic heterocycles. The number of amides is 2. The molecule has 0 spiro atoms. The summed E-state index contributed by atoms with van der Waals surface area (Å²) in [7, 11) is 0. The van der Waals surface area contributed by atoms with E-state index in [1.165, 1.54) is 17.7 Å². The third-order valence-corrected chi connectivity index (χ3v) is 6.46. The molecule has 6 nitrogen and oxygen atoms in total. The van der Waals surface area contributed by atoms with Crippen molar-refractivity contribution in [1.29, 1.82) is 0 Å². The standard InChI is InChI=1S/C29H27FN4O2/c1-19-10-12-22(13-11-19)26-25(28-32-27(33-36-28)23-14-16-24(30)17-15-23)20(2)34(29(35)31-26)18-6-9-21-7-4-3-5-8-21/h3-5,7-8,10-17,26H,6,9,18H2,1-2H3,(H,31,35). The van der Waals surface area contributed by atoms with E-state index in [9.17, 15) is 9.18 Å². The Bertz CT molecular complexity index is 1380. The van der Waals surface area contributed by atoms with Crippen molar-refractivity contribution in [2.75, 3.05) is 6.54 Å². The van der Waals surface area contributed by atoms with Gasteiger partial charge in [-0.2, -0.15) is 4.98 Å². The molecule has 1 atom stereocenters. The molecule has 2 amide bonds. The second-order valence-electron chi connectivity index (χ2n) is 8.96. The van der Waals surface area contributed by atoms with Gasteiger partial charge in [0.1, 0.15) is 5.82 Å². The van der Waals surface area contributed by atoms with Crippen LogP contribution in [0.4, 0.5) is 9.18 Å². The third-order valence-electron chi connectivity index (χ3n) is 6.46. The molecule has 36 heavy (non-hydrogen) atoms. The summed E-state index contributed by atoms with van der Waals surface area (Å²) in [4.78, 5) is 19.6. The van der Waals surface area contributed by atoms with E-state index in [2.05, 4.69) is 27.6 Å². The lowest BCUT2D eigenvalue weighted by Crippen LogP contribution is -2.46. The number of rotatable bonds is 7. The van der Waals surface area contributed by atoms with Crippen LogP contribution >= 0.6 is 0 Å². The summed E-state index contributed by atoms with van der Waals surface area (Å²) in [5.74, 6) is 0.354. The van der Waals surface area contributed by atoms with Gasteiger partial charge in [0.25, 0.3) is 5.89 Å². The van der Waals surface area contributed by atoms with E-state index in [4.69, 9.17) is 4.52 Å². The Morgan fingerprint density at radius 2 is 1.69 bits per heavy atom. The number of nitrogens with zero attached hydrogens (tertiary/aromatic N) is 3. The van der Waals surface area contributed by atoms with Gasteiger partial charge in [0.2, 0.25) is 5.82 Å². The molecule has 0 bridgehead atoms. The molecular weight excluding hydrogens is 455 g/mol. The zero-order valence-electron chi connectivity index (χ0n) is 20.2. The molecule has 4 aromatic rings. The Kier molecular flexibility index (Phi) is 6.62. The molecule has 1 aliphatic rings. The molecule has 2 heterocycles. The number of aromatic nitrogens is 2. The first kappa shape index (κ1) is 23.5. The number of aryl methyl sites for hydroxylation is 2. The molecule has 1 aliphatic heterocycles. The van der Waals surface area contributed by atoms with Crippen molar-refractivity contribution < 1.29 is 13.7 Å². The average molecular weight is 483 g/mol. The van der Waals surface area contributed by atoms with E-state index >= 15 is 0 Å². The van der Waals surface area contributed by atoms with Gasteiger partial charge in [0.05, 0.1) is 11.6 Å². The normalized spacial score (nSPS) is 15.8. The average Bonchev–Trinajstić information content (AvgIpc) is 3.37. The van der Waals surface area contributed by atoms with Gasteiger partial charge >= 0.3 is 6.03 Å². The summed E-state index contributed by atoms with van der Waals surface area (Å²) in [6.45, 7) is 4.49. The molecule has 0 saturated carbocycles. The molecule has 1 unspecified atom stereocenters. The second-order valence-corrected chi connectivity index (χ2v) is 8.96. The highest BCUT2D eigenvalue weighted by Crippen LogP contribution is 2.37. The van der Waals surface area contributed by atoms with Crippen molar-refractivity contribution in [3.63, 3.8) is 0 Å². The minimum absolute atomic E-state index is 0.159. The number of nitrogens with one attached hydrogen (secondary N) is 1. The van der Waals surface area contributed by atoms with Crippen LogP contribution in [0.5, 0.6) is 0 Å². The van der Waals surface area contributed by atoms with Gasteiger partial charge in [0.15, 0.2) is 0 Å². The first-order valence-corrected chi connectivity index (χ1v) is 12.0. The number of urea groups is 1. The highest BCUT2D eigenvalue weighted by molar-refractivity contribution is 5.86. The van der Waals surface area contributed by atoms with Crippen molar-refractivity contribution in [2.45, 2.75) is 32.7 Å². The predicted molar refractivity (Wildman–Crippen MR) is 136 cm³/mol. The van der Waals surface area contributed by atoms with Gasteiger partial charge in [-0.15, -0.1) is 0 Å². The number of carbonyl (C=O) groups excluding carboxylic acids is 1. The van der Waals surface area contributed by atoms with Gasteiger partial charge in [-0.05, 0) is 62.1 Å². The van der Waals surface area contributed by atoms with Crippen LogP contribution in [0.3, 0.4) is 0 Å². The fraction of sp³-hybridized carbons (Fsp3) is 0.207. The summed E-state index contributed by atoms with van der Waals surface area (Å²) >= 11 is 0. The second kappa shape index (κ2) is 10.2. The fourth-order valence-corrected chi connectivity index (χ4v) is 4.47. The minimum atomic E-state index is -0.440. The van der Waals surface area contributed by atoms with E-state index in [-0.39, 0.29) is 11.8 Å². The van der Waals surface area contributed by atoms with E-state index in [1.54, 1.807) is 17.0 Å². The van der Waals surface area contributed by atoms with Crippen molar-refractivity contribution in [1.82, 2.24) is 20.4 Å². The van der Waals surface area contributed by atoms with Gasteiger partial charge in [0, 0.05) is 17.8 Å². The monoisotopic (exact) mass is 482 g/mol. The molecule has 0 saturated heterocycles. The molecule has 5 rings (SSSR count). The van der Waals surface area contributed by atoms with Gasteiger partial charge < -0.3 is 9.84 Å². The maximum atomic E-state index is 13.4. The highest BCUT2D eigenvalue weighted by atomic mass is 19.1. The number of benzene rings is 3. The molecular formula is C29H27FN4O2. The van der Waals surface area contributed by atoms with Crippen molar-refractivity contribution in [2.24, 2.45) is 0 Å². The summed E-state index contributed by atoms with van der Waals surface area (Å²) in [6, 6.07) is 23.6. The molecule has 0 radical (unpaired) electrons. The molecule has 3 aromatic carbocycles. The minimum Gasteiger partial charge on any atom is -0.334 e. The van der Waals surface area contributed by atoms with Crippen molar-refractivity contribution in [3.8, 4) is 11.4 Å². The van der Waals surface area contributed by atoms with Gasteiger partial charge in [-0.3, -0.25) is 4.90 Å². The molecule has 182 valence electrons. The number of allylic oxidation sites excluding steroid dienone is 1. The largest absolute Gasteiger partial charge is 0.334 e. The summed E-state index contributed by atoms with van der Waals surface area (Å²) < 4.78 is 19.1.